The number of halogens is 1. The van der Waals surface area contributed by atoms with Crippen LogP contribution in [0.25, 0.3) is 0 Å². The van der Waals surface area contributed by atoms with Gasteiger partial charge in [0.1, 0.15) is 6.17 Å². The van der Waals surface area contributed by atoms with E-state index >= 15 is 0 Å². The van der Waals surface area contributed by atoms with Crippen molar-refractivity contribution in [1.29, 1.82) is 0 Å². The highest BCUT2D eigenvalue weighted by molar-refractivity contribution is 5.78. The molecule has 0 unspecified atom stereocenters. The number of nitrogens with one attached hydrogen (secondary N) is 1. The molecule has 0 aromatic heterocycles. The molecule has 5 nitrogen and oxygen atoms in total. The third-order valence-corrected chi connectivity index (χ3v) is 3.86. The molecule has 1 aliphatic heterocycles. The van der Waals surface area contributed by atoms with Crippen LogP contribution < -0.4 is 11.1 Å². The van der Waals surface area contributed by atoms with Crippen LogP contribution in [-0.2, 0) is 16.0 Å². The fourth-order valence-corrected chi connectivity index (χ4v) is 2.71. The summed E-state index contributed by atoms with van der Waals surface area (Å²) in [7, 11) is 0. The summed E-state index contributed by atoms with van der Waals surface area (Å²) in [6.07, 6.45) is -0.363. The first-order valence-electron chi connectivity index (χ1n) is 7.42. The fourth-order valence-electron chi connectivity index (χ4n) is 2.71. The van der Waals surface area contributed by atoms with E-state index in [1.54, 1.807) is 4.90 Å². The van der Waals surface area contributed by atoms with Gasteiger partial charge in [0, 0.05) is 19.1 Å². The molecule has 2 amide bonds. The molecule has 0 aliphatic carbocycles. The summed E-state index contributed by atoms with van der Waals surface area (Å²) in [6, 6.07) is 7.58. The number of alkyl halides is 1. The smallest absolute Gasteiger partial charge is 0.231 e. The summed E-state index contributed by atoms with van der Waals surface area (Å²) in [5, 5.41) is 2.81. The van der Waals surface area contributed by atoms with Crippen LogP contribution in [-0.4, -0.2) is 48.6 Å². The van der Waals surface area contributed by atoms with Crippen molar-refractivity contribution in [2.24, 2.45) is 5.73 Å². The van der Waals surface area contributed by atoms with Crippen LogP contribution in [0.3, 0.4) is 0 Å². The Morgan fingerprint density at radius 3 is 2.68 bits per heavy atom. The van der Waals surface area contributed by atoms with Gasteiger partial charge in [-0.2, -0.15) is 0 Å². The predicted molar refractivity (Wildman–Crippen MR) is 82.0 cm³/mol. The molecule has 0 saturated carbocycles. The highest BCUT2D eigenvalue weighted by atomic mass is 19.1. The van der Waals surface area contributed by atoms with E-state index in [1.165, 1.54) is 0 Å². The van der Waals surface area contributed by atoms with Gasteiger partial charge in [-0.15, -0.1) is 0 Å². The lowest BCUT2D eigenvalue weighted by Crippen LogP contribution is -2.43. The van der Waals surface area contributed by atoms with Crippen LogP contribution in [0.4, 0.5) is 4.39 Å². The maximum absolute atomic E-state index is 13.5. The van der Waals surface area contributed by atoms with Gasteiger partial charge in [-0.1, -0.05) is 29.8 Å². The largest absolute Gasteiger partial charge is 0.369 e. The van der Waals surface area contributed by atoms with Gasteiger partial charge < -0.3 is 11.1 Å². The van der Waals surface area contributed by atoms with Gasteiger partial charge in [-0.3, -0.25) is 14.5 Å². The number of nitrogens with two attached hydrogens (primary N) is 1. The van der Waals surface area contributed by atoms with Crippen molar-refractivity contribution in [3.8, 4) is 0 Å². The second kappa shape index (κ2) is 7.35. The Labute approximate surface area is 129 Å². The lowest BCUT2D eigenvalue weighted by Gasteiger charge is -2.22. The minimum absolute atomic E-state index is 0.0267. The van der Waals surface area contributed by atoms with Crippen LogP contribution in [0, 0.1) is 6.92 Å². The van der Waals surface area contributed by atoms with E-state index in [1.807, 2.05) is 31.2 Å². The Morgan fingerprint density at radius 1 is 1.36 bits per heavy atom. The number of rotatable bonds is 6. The summed E-state index contributed by atoms with van der Waals surface area (Å²) >= 11 is 0. The Hall–Kier alpha value is -1.95. The number of benzene rings is 1. The molecule has 1 fully saturated rings. The van der Waals surface area contributed by atoms with Gasteiger partial charge >= 0.3 is 0 Å². The van der Waals surface area contributed by atoms with Crippen molar-refractivity contribution in [2.75, 3.05) is 19.6 Å². The molecule has 2 rings (SSSR count). The second-order valence-corrected chi connectivity index (χ2v) is 5.85. The highest BCUT2D eigenvalue weighted by Gasteiger charge is 2.32. The van der Waals surface area contributed by atoms with Gasteiger partial charge in [0.15, 0.2) is 0 Å². The van der Waals surface area contributed by atoms with E-state index in [0.717, 1.165) is 11.1 Å². The maximum atomic E-state index is 13.5. The molecule has 1 aliphatic rings. The van der Waals surface area contributed by atoms with Crippen LogP contribution >= 0.6 is 0 Å². The number of amides is 2. The molecule has 1 heterocycles. The van der Waals surface area contributed by atoms with Crippen molar-refractivity contribution in [3.63, 3.8) is 0 Å². The van der Waals surface area contributed by atoms with Crippen molar-refractivity contribution in [1.82, 2.24) is 10.2 Å². The molecule has 0 bridgehead atoms. The van der Waals surface area contributed by atoms with Crippen molar-refractivity contribution < 1.29 is 14.0 Å². The Morgan fingerprint density at radius 2 is 2.05 bits per heavy atom. The van der Waals surface area contributed by atoms with Crippen molar-refractivity contribution in [2.45, 2.75) is 32.0 Å². The molecule has 1 saturated heterocycles. The number of primary amides is 1. The van der Waals surface area contributed by atoms with Crippen molar-refractivity contribution in [3.05, 3.63) is 35.4 Å². The summed E-state index contributed by atoms with van der Waals surface area (Å²) < 4.78 is 13.5. The van der Waals surface area contributed by atoms with Gasteiger partial charge in [0.2, 0.25) is 11.8 Å². The molecule has 120 valence electrons. The molecule has 1 aromatic rings. The van der Waals surface area contributed by atoms with E-state index in [0.29, 0.717) is 19.4 Å². The first-order valence-corrected chi connectivity index (χ1v) is 7.42. The molecule has 22 heavy (non-hydrogen) atoms. The van der Waals surface area contributed by atoms with Gasteiger partial charge in [0.25, 0.3) is 0 Å². The standard InChI is InChI=1S/C16H22FN3O2/c1-11-2-4-12(5-3-11)6-16(22)19-8-14-7-13(17)9-20(14)10-15(18)21/h2-5,13-14H,6-10H2,1H3,(H2,18,21)(H,19,22)/t13-,14-/m0/s1. The normalized spacial score (nSPS) is 21.7. The molecule has 1 aromatic carbocycles. The number of nitrogens with zero attached hydrogens (tertiary/aromatic N) is 1. The number of aryl methyl sites for hydroxylation is 1. The average molecular weight is 307 g/mol. The lowest BCUT2D eigenvalue weighted by molar-refractivity contribution is -0.120. The molecule has 3 N–H and O–H groups in total. The number of carbonyl (C=O) groups excluding carboxylic acids is 2. The third-order valence-electron chi connectivity index (χ3n) is 3.86. The summed E-state index contributed by atoms with van der Waals surface area (Å²) in [4.78, 5) is 24.6. The molecule has 0 spiro atoms. The van der Waals surface area contributed by atoms with E-state index in [9.17, 15) is 14.0 Å². The van der Waals surface area contributed by atoms with Crippen LogP contribution in [0.15, 0.2) is 24.3 Å². The van der Waals surface area contributed by atoms with Crippen molar-refractivity contribution >= 4 is 11.8 Å². The van der Waals surface area contributed by atoms with E-state index in [4.69, 9.17) is 5.73 Å². The zero-order valence-electron chi connectivity index (χ0n) is 12.7. The molecule has 2 atom stereocenters. The Bertz CT molecular complexity index is 533. The number of hydrogen-bond acceptors (Lipinski definition) is 3. The van der Waals surface area contributed by atoms with Crippen LogP contribution in [0.5, 0.6) is 0 Å². The number of likely N-dealkylation sites (tertiary alicyclic amines) is 1. The first-order chi connectivity index (χ1) is 10.4. The lowest BCUT2D eigenvalue weighted by atomic mass is 10.1. The summed E-state index contributed by atoms with van der Waals surface area (Å²) in [6.45, 7) is 2.55. The monoisotopic (exact) mass is 307 g/mol. The number of carbonyl (C=O) groups is 2. The minimum Gasteiger partial charge on any atom is -0.369 e. The molecular weight excluding hydrogens is 285 g/mol. The zero-order chi connectivity index (χ0) is 16.1. The molecule has 0 radical (unpaired) electrons. The Balaban J connectivity index is 1.82. The van der Waals surface area contributed by atoms with E-state index < -0.39 is 12.1 Å². The zero-order valence-corrected chi connectivity index (χ0v) is 12.7. The van der Waals surface area contributed by atoms with E-state index in [2.05, 4.69) is 5.32 Å². The topological polar surface area (TPSA) is 75.4 Å². The minimum atomic E-state index is -0.974. The predicted octanol–water partition coefficient (Wildman–Crippen LogP) is 0.551. The first kappa shape index (κ1) is 16.4. The van der Waals surface area contributed by atoms with Gasteiger partial charge in [-0.25, -0.2) is 4.39 Å². The summed E-state index contributed by atoms with van der Waals surface area (Å²) in [5.74, 6) is -0.588. The average Bonchev–Trinajstić information content (AvgIpc) is 2.78. The van der Waals surface area contributed by atoms with Crippen LogP contribution in [0.2, 0.25) is 0 Å². The quantitative estimate of drug-likeness (QED) is 0.806. The maximum Gasteiger partial charge on any atom is 0.231 e. The highest BCUT2D eigenvalue weighted by Crippen LogP contribution is 2.19. The SMILES string of the molecule is Cc1ccc(CC(=O)NC[C@@H]2C[C@H](F)CN2CC(N)=O)cc1. The van der Waals surface area contributed by atoms with E-state index in [-0.39, 0.29) is 25.0 Å². The number of hydrogen-bond donors (Lipinski definition) is 2. The second-order valence-electron chi connectivity index (χ2n) is 5.85. The van der Waals surface area contributed by atoms with Gasteiger partial charge in [-0.05, 0) is 18.9 Å². The van der Waals surface area contributed by atoms with Crippen LogP contribution in [0.1, 0.15) is 17.5 Å². The Kier molecular flexibility index (Phi) is 5.49. The molecular formula is C16H22FN3O2. The van der Waals surface area contributed by atoms with Gasteiger partial charge in [0.05, 0.1) is 13.0 Å². The molecule has 6 heteroatoms. The third kappa shape index (κ3) is 4.80. The fraction of sp³-hybridized carbons (Fsp3) is 0.500. The summed E-state index contributed by atoms with van der Waals surface area (Å²) in [5.41, 5.74) is 7.24.